The SMILES string of the molecule is COC(=O)[C@@H]1C[C@H](OC(C)=O)C(=O)[C@H]2[C@@]1(C)CCC(CC(=O)O)[C@@]2(C)C[C@@H](O)c1ccoc1. The minimum absolute atomic E-state index is 0.0159. The highest BCUT2D eigenvalue weighted by Crippen LogP contribution is 2.63. The zero-order valence-corrected chi connectivity index (χ0v) is 19.4. The highest BCUT2D eigenvalue weighted by atomic mass is 16.5. The molecule has 2 saturated carbocycles. The van der Waals surface area contributed by atoms with Gasteiger partial charge < -0.3 is 24.1 Å². The summed E-state index contributed by atoms with van der Waals surface area (Å²) in [7, 11) is 1.27. The number of aliphatic hydroxyl groups excluding tert-OH is 1. The first kappa shape index (κ1) is 25.0. The van der Waals surface area contributed by atoms with Crippen molar-refractivity contribution in [1.82, 2.24) is 0 Å². The molecule has 0 saturated heterocycles. The van der Waals surface area contributed by atoms with E-state index >= 15 is 0 Å². The maximum atomic E-state index is 13.8. The summed E-state index contributed by atoms with van der Waals surface area (Å²) in [6.07, 6.45) is 1.50. The molecule has 2 aliphatic rings. The van der Waals surface area contributed by atoms with Gasteiger partial charge in [-0.1, -0.05) is 13.8 Å². The van der Waals surface area contributed by atoms with E-state index in [4.69, 9.17) is 13.9 Å². The van der Waals surface area contributed by atoms with E-state index < -0.39 is 58.7 Å². The number of hydrogen-bond donors (Lipinski definition) is 2. The van der Waals surface area contributed by atoms with E-state index in [1.807, 2.05) is 6.92 Å². The number of esters is 2. The molecule has 1 aromatic heterocycles. The lowest BCUT2D eigenvalue weighted by Crippen LogP contribution is -2.63. The van der Waals surface area contributed by atoms with Crippen LogP contribution in [-0.2, 0) is 28.7 Å². The first-order valence-electron chi connectivity index (χ1n) is 11.1. The van der Waals surface area contributed by atoms with E-state index in [2.05, 4.69) is 0 Å². The second-order valence-corrected chi connectivity index (χ2v) is 9.87. The fourth-order valence-electron chi connectivity index (χ4n) is 6.40. The van der Waals surface area contributed by atoms with Crippen LogP contribution in [-0.4, -0.2) is 47.1 Å². The molecule has 2 fully saturated rings. The molecule has 1 heterocycles. The fraction of sp³-hybridized carbons (Fsp3) is 0.667. The van der Waals surface area contributed by atoms with E-state index in [0.717, 1.165) is 0 Å². The van der Waals surface area contributed by atoms with Gasteiger partial charge in [0.1, 0.15) is 0 Å². The molecule has 0 amide bonds. The summed E-state index contributed by atoms with van der Waals surface area (Å²) in [6, 6.07) is 1.61. The van der Waals surface area contributed by atoms with Gasteiger partial charge in [0.2, 0.25) is 0 Å². The van der Waals surface area contributed by atoms with Crippen LogP contribution in [0.1, 0.15) is 64.5 Å². The number of Topliss-reactive ketones (excluding diaryl/α,β-unsaturated/α-hetero) is 1. The average molecular weight is 465 g/mol. The number of furan rings is 1. The molecule has 2 N–H and O–H groups in total. The van der Waals surface area contributed by atoms with Gasteiger partial charge in [-0.25, -0.2) is 0 Å². The molecule has 0 bridgehead atoms. The van der Waals surface area contributed by atoms with Crippen LogP contribution in [0.15, 0.2) is 23.0 Å². The van der Waals surface area contributed by atoms with Gasteiger partial charge in [-0.05, 0) is 42.1 Å². The van der Waals surface area contributed by atoms with E-state index in [1.54, 1.807) is 13.0 Å². The van der Waals surface area contributed by atoms with Crippen molar-refractivity contribution in [2.45, 2.75) is 65.1 Å². The van der Waals surface area contributed by atoms with Crippen LogP contribution in [0.25, 0.3) is 0 Å². The summed E-state index contributed by atoms with van der Waals surface area (Å²) < 4.78 is 15.4. The van der Waals surface area contributed by atoms with Crippen LogP contribution >= 0.6 is 0 Å². The molecule has 1 unspecified atom stereocenters. The van der Waals surface area contributed by atoms with Gasteiger partial charge in [-0.2, -0.15) is 0 Å². The summed E-state index contributed by atoms with van der Waals surface area (Å²) in [6.45, 7) is 4.85. The van der Waals surface area contributed by atoms with E-state index in [0.29, 0.717) is 18.4 Å². The molecule has 0 aromatic carbocycles. The fourth-order valence-corrected chi connectivity index (χ4v) is 6.40. The van der Waals surface area contributed by atoms with Crippen LogP contribution < -0.4 is 0 Å². The Morgan fingerprint density at radius 1 is 1.30 bits per heavy atom. The van der Waals surface area contributed by atoms with Gasteiger partial charge in [-0.3, -0.25) is 19.2 Å². The normalized spacial score (nSPS) is 34.8. The van der Waals surface area contributed by atoms with Crippen molar-refractivity contribution in [3.05, 3.63) is 24.2 Å². The molecule has 182 valence electrons. The van der Waals surface area contributed by atoms with Gasteiger partial charge >= 0.3 is 17.9 Å². The number of carboxylic acids is 1. The van der Waals surface area contributed by atoms with Crippen molar-refractivity contribution in [2.75, 3.05) is 7.11 Å². The molecule has 33 heavy (non-hydrogen) atoms. The maximum absolute atomic E-state index is 13.8. The molecule has 0 radical (unpaired) electrons. The van der Waals surface area contributed by atoms with Gasteiger partial charge in [-0.15, -0.1) is 0 Å². The molecule has 3 rings (SSSR count). The van der Waals surface area contributed by atoms with E-state index in [-0.39, 0.29) is 25.0 Å². The maximum Gasteiger partial charge on any atom is 0.309 e. The number of aliphatic hydroxyl groups is 1. The Morgan fingerprint density at radius 3 is 2.55 bits per heavy atom. The third-order valence-electron chi connectivity index (χ3n) is 7.91. The Labute approximate surface area is 192 Å². The first-order chi connectivity index (χ1) is 15.4. The topological polar surface area (TPSA) is 140 Å². The quantitative estimate of drug-likeness (QED) is 0.583. The minimum atomic E-state index is -1.14. The monoisotopic (exact) mass is 464 g/mol. The van der Waals surface area contributed by atoms with Crippen molar-refractivity contribution in [2.24, 2.45) is 28.6 Å². The lowest BCUT2D eigenvalue weighted by molar-refractivity contribution is -0.193. The average Bonchev–Trinajstić information content (AvgIpc) is 3.26. The Morgan fingerprint density at radius 2 is 2.00 bits per heavy atom. The Bertz CT molecular complexity index is 907. The Balaban J connectivity index is 2.12. The van der Waals surface area contributed by atoms with Gasteiger partial charge in [0.15, 0.2) is 11.9 Å². The van der Waals surface area contributed by atoms with Crippen molar-refractivity contribution in [1.29, 1.82) is 0 Å². The Hall–Kier alpha value is -2.68. The number of methoxy groups -OCH3 is 1. The number of carbonyl (C=O) groups excluding carboxylic acids is 3. The summed E-state index contributed by atoms with van der Waals surface area (Å²) in [5.41, 5.74) is -1.33. The highest BCUT2D eigenvalue weighted by molar-refractivity contribution is 5.92. The first-order valence-corrected chi connectivity index (χ1v) is 11.1. The van der Waals surface area contributed by atoms with Crippen molar-refractivity contribution >= 4 is 23.7 Å². The van der Waals surface area contributed by atoms with Crippen LogP contribution in [0.3, 0.4) is 0 Å². The highest BCUT2D eigenvalue weighted by Gasteiger charge is 2.65. The smallest absolute Gasteiger partial charge is 0.309 e. The molecule has 0 spiro atoms. The summed E-state index contributed by atoms with van der Waals surface area (Å²) in [4.78, 5) is 50.1. The number of ether oxygens (including phenoxy) is 2. The molecular formula is C24H32O9. The van der Waals surface area contributed by atoms with Gasteiger partial charge in [0.05, 0.1) is 31.7 Å². The molecule has 0 aliphatic heterocycles. The Kier molecular flexibility index (Phi) is 7.02. The van der Waals surface area contributed by atoms with Gasteiger partial charge in [0, 0.05) is 31.2 Å². The number of carbonyl (C=O) groups is 4. The number of fused-ring (bicyclic) bond motifs is 1. The standard InChI is InChI=1S/C24H32O9/c1-13(25)33-18-10-16(22(30)31-4)23(2)7-5-15(9-19(27)28)24(3,21(23)20(18)29)11-17(26)14-6-8-32-12-14/h6,8,12,15-18,21,26H,5,7,9-11H2,1-4H3,(H,27,28)/t15?,16-,17+,18-,21-,23-,24+/m0/s1. The molecule has 9 heteroatoms. The van der Waals surface area contributed by atoms with Crippen LogP contribution in [0.2, 0.25) is 0 Å². The predicted octanol–water partition coefficient (Wildman–Crippen LogP) is 2.91. The zero-order chi connectivity index (χ0) is 24.6. The summed E-state index contributed by atoms with van der Waals surface area (Å²) in [5.74, 6) is -4.47. The number of hydrogen-bond acceptors (Lipinski definition) is 8. The van der Waals surface area contributed by atoms with Crippen LogP contribution in [0.5, 0.6) is 0 Å². The van der Waals surface area contributed by atoms with Crippen molar-refractivity contribution < 1.29 is 43.3 Å². The second kappa shape index (κ2) is 9.29. The number of rotatable bonds is 7. The minimum Gasteiger partial charge on any atom is -0.481 e. The molecular weight excluding hydrogens is 432 g/mol. The summed E-state index contributed by atoms with van der Waals surface area (Å²) in [5, 5.41) is 20.6. The number of ketones is 1. The van der Waals surface area contributed by atoms with E-state index in [1.165, 1.54) is 26.6 Å². The predicted molar refractivity (Wildman–Crippen MR) is 114 cm³/mol. The van der Waals surface area contributed by atoms with Gasteiger partial charge in [0.25, 0.3) is 0 Å². The second-order valence-electron chi connectivity index (χ2n) is 9.87. The molecule has 9 nitrogen and oxygen atoms in total. The summed E-state index contributed by atoms with van der Waals surface area (Å²) >= 11 is 0. The van der Waals surface area contributed by atoms with Crippen LogP contribution in [0, 0.1) is 28.6 Å². The van der Waals surface area contributed by atoms with E-state index in [9.17, 15) is 29.4 Å². The van der Waals surface area contributed by atoms with Crippen molar-refractivity contribution in [3.8, 4) is 0 Å². The zero-order valence-electron chi connectivity index (χ0n) is 19.4. The number of carboxylic acid groups (broad SMARTS) is 1. The van der Waals surface area contributed by atoms with Crippen molar-refractivity contribution in [3.63, 3.8) is 0 Å². The number of aliphatic carboxylic acids is 1. The molecule has 2 aliphatic carbocycles. The third kappa shape index (κ3) is 4.55. The lowest BCUT2D eigenvalue weighted by atomic mass is 9.43. The molecule has 7 atom stereocenters. The third-order valence-corrected chi connectivity index (χ3v) is 7.91. The molecule has 1 aromatic rings. The largest absolute Gasteiger partial charge is 0.481 e. The van der Waals surface area contributed by atoms with Crippen LogP contribution in [0.4, 0.5) is 0 Å². The lowest BCUT2D eigenvalue weighted by Gasteiger charge is -2.60.